The molecule has 3 heteroatoms. The Morgan fingerprint density at radius 2 is 1.08 bits per heavy atom. The van der Waals surface area contributed by atoms with Crippen LogP contribution in [0, 0.1) is 11.8 Å². The second-order valence-corrected chi connectivity index (χ2v) is 8.90. The van der Waals surface area contributed by atoms with Gasteiger partial charge >= 0.3 is 0 Å². The highest BCUT2D eigenvalue weighted by Gasteiger charge is 2.40. The predicted octanol–water partition coefficient (Wildman–Crippen LogP) is 2.22. The van der Waals surface area contributed by atoms with Gasteiger partial charge in [-0.15, -0.1) is 0 Å². The highest BCUT2D eigenvalue weighted by atomic mass is 28.3. The van der Waals surface area contributed by atoms with Gasteiger partial charge < -0.3 is 9.59 Å². The monoisotopic (exact) mass is 200 g/mol. The van der Waals surface area contributed by atoms with Crippen molar-refractivity contribution in [3.8, 4) is 0 Å². The zero-order valence-corrected chi connectivity index (χ0v) is 10.5. The number of carbonyl (C=O) groups is 2. The van der Waals surface area contributed by atoms with Crippen LogP contribution < -0.4 is 0 Å². The van der Waals surface area contributed by atoms with E-state index in [1.165, 1.54) is 0 Å². The number of rotatable bonds is 4. The van der Waals surface area contributed by atoms with Crippen LogP contribution in [0.5, 0.6) is 0 Å². The molecule has 0 rings (SSSR count). The topological polar surface area (TPSA) is 34.1 Å². The van der Waals surface area contributed by atoms with Gasteiger partial charge in [0.15, 0.2) is 0 Å². The highest BCUT2D eigenvalue weighted by Crippen LogP contribution is 2.16. The van der Waals surface area contributed by atoms with Crippen LogP contribution in [-0.4, -0.2) is 18.9 Å². The fraction of sp³-hybridized carbons (Fsp3) is 0.800. The van der Waals surface area contributed by atoms with Gasteiger partial charge in [0.2, 0.25) is 8.07 Å². The number of hydrogen-bond donors (Lipinski definition) is 0. The van der Waals surface area contributed by atoms with Crippen molar-refractivity contribution in [3.63, 3.8) is 0 Å². The lowest BCUT2D eigenvalue weighted by atomic mass is 10.2. The molecule has 0 bridgehead atoms. The molecule has 0 atom stereocenters. The summed E-state index contributed by atoms with van der Waals surface area (Å²) in [5, 5.41) is 0.345. The fourth-order valence-electron chi connectivity index (χ4n) is 1.56. The first-order valence-corrected chi connectivity index (χ1v) is 7.79. The van der Waals surface area contributed by atoms with Gasteiger partial charge in [0.05, 0.1) is 0 Å². The van der Waals surface area contributed by atoms with Crippen LogP contribution >= 0.6 is 0 Å². The Kier molecular flexibility index (Phi) is 4.04. The first-order valence-electron chi connectivity index (χ1n) is 4.79. The van der Waals surface area contributed by atoms with Crippen LogP contribution in [0.15, 0.2) is 0 Å². The molecule has 2 nitrogen and oxygen atoms in total. The van der Waals surface area contributed by atoms with Crippen molar-refractivity contribution < 1.29 is 9.59 Å². The van der Waals surface area contributed by atoms with Gasteiger partial charge in [-0.25, -0.2) is 0 Å². The molecular formula is C10H20O2Si. The van der Waals surface area contributed by atoms with Crippen molar-refractivity contribution in [2.75, 3.05) is 0 Å². The highest BCUT2D eigenvalue weighted by molar-refractivity contribution is 7.23. The van der Waals surface area contributed by atoms with Crippen LogP contribution in [0.2, 0.25) is 13.1 Å². The molecule has 0 saturated heterocycles. The van der Waals surface area contributed by atoms with Gasteiger partial charge in [0, 0.05) is 11.8 Å². The van der Waals surface area contributed by atoms with Crippen molar-refractivity contribution in [3.05, 3.63) is 0 Å². The maximum Gasteiger partial charge on any atom is 0.202 e. The maximum atomic E-state index is 11.8. The Labute approximate surface area is 81.7 Å². The van der Waals surface area contributed by atoms with E-state index in [1.54, 1.807) is 0 Å². The van der Waals surface area contributed by atoms with Gasteiger partial charge in [0.1, 0.15) is 10.8 Å². The molecule has 0 aromatic heterocycles. The average Bonchev–Trinajstić information content (AvgIpc) is 2.01. The lowest BCUT2D eigenvalue weighted by molar-refractivity contribution is -0.119. The number of carbonyl (C=O) groups excluding carboxylic acids is 2. The molecule has 0 aliphatic carbocycles. The third kappa shape index (κ3) is 2.76. The van der Waals surface area contributed by atoms with E-state index in [2.05, 4.69) is 0 Å². The summed E-state index contributed by atoms with van der Waals surface area (Å²) >= 11 is 0. The molecule has 0 aliphatic rings. The van der Waals surface area contributed by atoms with E-state index in [4.69, 9.17) is 0 Å². The van der Waals surface area contributed by atoms with Crippen molar-refractivity contribution in [2.45, 2.75) is 40.8 Å². The van der Waals surface area contributed by atoms with Crippen LogP contribution in [0.3, 0.4) is 0 Å². The van der Waals surface area contributed by atoms with Crippen molar-refractivity contribution in [2.24, 2.45) is 11.8 Å². The molecule has 13 heavy (non-hydrogen) atoms. The summed E-state index contributed by atoms with van der Waals surface area (Å²) in [6, 6.07) is 0. The van der Waals surface area contributed by atoms with Crippen LogP contribution in [0.4, 0.5) is 0 Å². The Balaban J connectivity index is 4.76. The molecule has 0 amide bonds. The van der Waals surface area contributed by atoms with Crippen LogP contribution in [0.25, 0.3) is 0 Å². The molecule has 0 unspecified atom stereocenters. The van der Waals surface area contributed by atoms with Gasteiger partial charge in [-0.05, 0) is 0 Å². The van der Waals surface area contributed by atoms with E-state index < -0.39 is 8.07 Å². The third-order valence-electron chi connectivity index (χ3n) is 2.28. The van der Waals surface area contributed by atoms with Gasteiger partial charge in [0.25, 0.3) is 0 Å². The normalized spacial score (nSPS) is 12.3. The minimum Gasteiger partial charge on any atom is -0.305 e. The molecule has 0 N–H and O–H groups in total. The first kappa shape index (κ1) is 12.6. The first-order chi connectivity index (χ1) is 5.71. The van der Waals surface area contributed by atoms with E-state index in [1.807, 2.05) is 40.8 Å². The zero-order valence-electron chi connectivity index (χ0n) is 9.47. The molecule has 0 aromatic carbocycles. The van der Waals surface area contributed by atoms with E-state index in [-0.39, 0.29) is 22.6 Å². The standard InChI is InChI=1S/C10H20O2Si/c1-7(2)9(11)13(5,6)10(12)8(3)4/h7-8H,1-6H3. The Morgan fingerprint density at radius 3 is 1.23 bits per heavy atom. The molecule has 0 saturated carbocycles. The quantitative estimate of drug-likeness (QED) is 0.652. The van der Waals surface area contributed by atoms with Gasteiger partial charge in [-0.2, -0.15) is 0 Å². The predicted molar refractivity (Wildman–Crippen MR) is 57.2 cm³/mol. The summed E-state index contributed by atoms with van der Waals surface area (Å²) in [5.41, 5.74) is 0. The lowest BCUT2D eigenvalue weighted by Gasteiger charge is -2.22. The van der Waals surface area contributed by atoms with E-state index in [0.717, 1.165) is 0 Å². The number of hydrogen-bond acceptors (Lipinski definition) is 2. The molecule has 0 aliphatic heterocycles. The maximum absolute atomic E-state index is 11.8. The van der Waals surface area contributed by atoms with Gasteiger partial charge in [-0.1, -0.05) is 40.8 Å². The summed E-state index contributed by atoms with van der Waals surface area (Å²) in [4.78, 5) is 23.5. The van der Waals surface area contributed by atoms with Crippen molar-refractivity contribution >= 4 is 18.9 Å². The molecule has 0 spiro atoms. The van der Waals surface area contributed by atoms with E-state index >= 15 is 0 Å². The molecule has 0 heterocycles. The minimum absolute atomic E-state index is 0.00985. The molecule has 0 radical (unpaired) electrons. The summed E-state index contributed by atoms with van der Waals surface area (Å²) < 4.78 is 0. The summed E-state index contributed by atoms with van der Waals surface area (Å²) in [6.07, 6.45) is 0. The van der Waals surface area contributed by atoms with Crippen LogP contribution in [-0.2, 0) is 9.59 Å². The Morgan fingerprint density at radius 1 is 0.846 bits per heavy atom. The zero-order chi connectivity index (χ0) is 10.8. The Hall–Kier alpha value is -0.443. The minimum atomic E-state index is -2.31. The third-order valence-corrected chi connectivity index (χ3v) is 5.90. The van der Waals surface area contributed by atoms with Gasteiger partial charge in [-0.3, -0.25) is 0 Å². The second-order valence-electron chi connectivity index (χ2n) is 4.66. The molecule has 76 valence electrons. The summed E-state index contributed by atoms with van der Waals surface area (Å²) in [5.74, 6) is -0.0197. The molecule has 0 fully saturated rings. The lowest BCUT2D eigenvalue weighted by Crippen LogP contribution is -2.50. The van der Waals surface area contributed by atoms with E-state index in [0.29, 0.717) is 0 Å². The van der Waals surface area contributed by atoms with Crippen LogP contribution in [0.1, 0.15) is 27.7 Å². The van der Waals surface area contributed by atoms with Crippen molar-refractivity contribution in [1.82, 2.24) is 0 Å². The summed E-state index contributed by atoms with van der Waals surface area (Å²) in [6.45, 7) is 11.2. The fourth-order valence-corrected chi connectivity index (χ4v) is 4.69. The smallest absolute Gasteiger partial charge is 0.202 e. The average molecular weight is 200 g/mol. The van der Waals surface area contributed by atoms with Crippen molar-refractivity contribution in [1.29, 1.82) is 0 Å². The summed E-state index contributed by atoms with van der Waals surface area (Å²) in [7, 11) is -2.31. The second kappa shape index (κ2) is 4.18. The molecular weight excluding hydrogens is 180 g/mol. The largest absolute Gasteiger partial charge is 0.305 e. The molecule has 0 aromatic rings. The Bertz CT molecular complexity index is 195. The SMILES string of the molecule is CC(C)C(=O)[Si](C)(C)C(=O)C(C)C. The van der Waals surface area contributed by atoms with E-state index in [9.17, 15) is 9.59 Å².